The summed E-state index contributed by atoms with van der Waals surface area (Å²) >= 11 is 0. The molecule has 1 heterocycles. The van der Waals surface area contributed by atoms with E-state index in [-0.39, 0.29) is 60.9 Å². The summed E-state index contributed by atoms with van der Waals surface area (Å²) in [7, 11) is 0. The number of aliphatic carboxylic acids is 1. The normalized spacial score (nSPS) is 15.1. The van der Waals surface area contributed by atoms with Gasteiger partial charge in [0.15, 0.2) is 5.78 Å². The van der Waals surface area contributed by atoms with Gasteiger partial charge >= 0.3 is 35.5 Å². The number of β-amino-alcohol motifs (C(OH)–C–C–N with tert-alkyl or cyclic N) is 1. The molecule has 0 aromatic heterocycles. The minimum Gasteiger partial charge on any atom is -0.480 e. The number of carbonyl (C=O) groups is 2. The molecule has 0 aromatic rings. The molecule has 0 saturated carbocycles. The summed E-state index contributed by atoms with van der Waals surface area (Å²) in [5, 5.41) is 18.2. The Hall–Kier alpha value is 0.310. The van der Waals surface area contributed by atoms with E-state index in [9.17, 15) is 9.59 Å². The number of carboxylic acids is 1. The average Bonchev–Trinajstić information content (AvgIpc) is 3.30. The van der Waals surface area contributed by atoms with Crippen molar-refractivity contribution in [3.8, 4) is 0 Å². The fraction of sp³-hybridized carbons (Fsp3) is 0.909. The van der Waals surface area contributed by atoms with Crippen LogP contribution in [-0.4, -0.2) is 70.7 Å². The Morgan fingerprint density at radius 2 is 1.07 bits per heavy atom. The van der Waals surface area contributed by atoms with Crippen LogP contribution in [0, 0.1) is 6.92 Å². The zero-order valence-electron chi connectivity index (χ0n) is 27.4. The molecule has 2 N–H and O–H groups in total. The number of carbonyl (C=O) groups excluding carboxylic acids is 1. The van der Waals surface area contributed by atoms with E-state index in [1.54, 1.807) is 4.90 Å². The van der Waals surface area contributed by atoms with Gasteiger partial charge in [0, 0.05) is 26.1 Å². The average molecular weight is 613 g/mol. The van der Waals surface area contributed by atoms with Gasteiger partial charge in [-0.15, -0.1) is 12.4 Å². The van der Waals surface area contributed by atoms with Crippen LogP contribution < -0.4 is 29.6 Å². The van der Waals surface area contributed by atoms with Gasteiger partial charge in [0.25, 0.3) is 0 Å². The molecule has 0 aromatic carbocycles. The molecule has 1 unspecified atom stereocenters. The molecule has 0 spiro atoms. The first-order chi connectivity index (χ1) is 19.0. The topological polar surface area (TPSA) is 81.1 Å². The smallest absolute Gasteiger partial charge is 0.480 e. The zero-order chi connectivity index (χ0) is 29.0. The third-order valence-corrected chi connectivity index (χ3v) is 7.76. The van der Waals surface area contributed by atoms with Crippen LogP contribution in [0.2, 0.25) is 0 Å². The number of ketones is 1. The number of carboxylic acid groups (broad SMARTS) is 1. The van der Waals surface area contributed by atoms with E-state index in [2.05, 4.69) is 20.8 Å². The van der Waals surface area contributed by atoms with Gasteiger partial charge in [-0.05, 0) is 6.42 Å². The first-order valence-electron chi connectivity index (χ1n) is 16.6. The first kappa shape index (κ1) is 45.7. The van der Waals surface area contributed by atoms with Crippen molar-refractivity contribution in [3.63, 3.8) is 0 Å². The second-order valence-corrected chi connectivity index (χ2v) is 11.4. The van der Waals surface area contributed by atoms with Crippen molar-refractivity contribution in [2.75, 3.05) is 32.8 Å². The van der Waals surface area contributed by atoms with Crippen LogP contribution in [0.4, 0.5) is 0 Å². The van der Waals surface area contributed by atoms with Crippen molar-refractivity contribution in [2.45, 2.75) is 161 Å². The van der Waals surface area contributed by atoms with E-state index in [0.29, 0.717) is 26.1 Å². The Labute approximate surface area is 282 Å². The molecule has 41 heavy (non-hydrogen) atoms. The summed E-state index contributed by atoms with van der Waals surface area (Å²) in [6.07, 6.45) is 27.8. The molecule has 1 atom stereocenters. The van der Waals surface area contributed by atoms with E-state index in [4.69, 9.17) is 10.2 Å². The van der Waals surface area contributed by atoms with Crippen molar-refractivity contribution >= 4 is 24.2 Å². The first-order valence-corrected chi connectivity index (χ1v) is 16.6. The number of unbranched alkanes of at least 4 members (excludes halogenated alkanes) is 19. The number of aliphatic hydroxyl groups excluding tert-OH is 1. The van der Waals surface area contributed by atoms with Crippen molar-refractivity contribution in [1.82, 2.24) is 9.80 Å². The number of hydrogen-bond acceptors (Lipinski definition) is 5. The summed E-state index contributed by atoms with van der Waals surface area (Å²) in [6, 6.07) is 0. The summed E-state index contributed by atoms with van der Waals surface area (Å²) in [5.74, 6) is -0.818. The molecule has 240 valence electrons. The largest absolute Gasteiger partial charge is 1.00 e. The molecule has 6 nitrogen and oxygen atoms in total. The van der Waals surface area contributed by atoms with E-state index in [1.807, 2.05) is 4.90 Å². The number of Topliss-reactive ketones (excluding diaryl/α,β-unsaturated/α-hetero) is 1. The second kappa shape index (κ2) is 34.8. The predicted molar refractivity (Wildman–Crippen MR) is 172 cm³/mol. The van der Waals surface area contributed by atoms with Gasteiger partial charge < -0.3 is 17.1 Å². The summed E-state index contributed by atoms with van der Waals surface area (Å²) in [4.78, 5) is 27.2. The summed E-state index contributed by atoms with van der Waals surface area (Å²) in [5.41, 5.74) is 0. The molecule has 0 amide bonds. The minimum absolute atomic E-state index is 0. The Balaban J connectivity index is -0.000000777. The van der Waals surface area contributed by atoms with Gasteiger partial charge in [-0.3, -0.25) is 19.4 Å². The molecule has 8 heteroatoms. The monoisotopic (exact) mass is 612 g/mol. The Kier molecular flexibility index (Phi) is 38.8. The van der Waals surface area contributed by atoms with E-state index < -0.39 is 12.1 Å². The van der Waals surface area contributed by atoms with Crippen molar-refractivity contribution in [3.05, 3.63) is 6.92 Å². The maximum Gasteiger partial charge on any atom is 1.00 e. The zero-order valence-corrected chi connectivity index (χ0v) is 30.2. The van der Waals surface area contributed by atoms with Gasteiger partial charge in [0.1, 0.15) is 6.17 Å². The Morgan fingerprint density at radius 3 is 1.46 bits per heavy atom. The van der Waals surface area contributed by atoms with Crippen LogP contribution in [0.3, 0.4) is 0 Å². The standard InChI is InChI=1S/C19H36N2O4.C14H29.ClH.Na/c1-2-3-4-5-6-7-8-9-10-11-17(23)19-20(14-15-22)12-13-21(19)16-18(24)25;1-3-5-7-9-11-13-14-12-10-8-6-4-2;;/h19,22H,2-16H2,1H3,(H,24,25);1,3-14H2,2H3;1H;/q;-1;;+1. The molecule has 0 bridgehead atoms. The molecule has 0 radical (unpaired) electrons. The number of nitrogens with zero attached hydrogens (tertiary/aromatic N) is 2. The predicted octanol–water partition coefficient (Wildman–Crippen LogP) is 5.44. The van der Waals surface area contributed by atoms with Crippen LogP contribution in [0.1, 0.15) is 155 Å². The maximum absolute atomic E-state index is 12.6. The number of halogens is 1. The molecular formula is C33H66ClN2NaO4. The molecule has 1 fully saturated rings. The SMILES string of the molecule is CCCCCCCCCCCC(=O)C1N(CCO)CCN1CC(=O)O.Cl.[CH2-]CCCCCCCCCCCCC.[Na+]. The third kappa shape index (κ3) is 27.6. The summed E-state index contributed by atoms with van der Waals surface area (Å²) < 4.78 is 0. The van der Waals surface area contributed by atoms with Crippen molar-refractivity contribution < 1.29 is 49.4 Å². The number of aliphatic hydroxyl groups is 1. The van der Waals surface area contributed by atoms with Crippen LogP contribution in [-0.2, 0) is 9.59 Å². The fourth-order valence-corrected chi connectivity index (χ4v) is 5.42. The van der Waals surface area contributed by atoms with Crippen LogP contribution in [0.15, 0.2) is 0 Å². The number of rotatable bonds is 26. The van der Waals surface area contributed by atoms with Crippen molar-refractivity contribution in [2.24, 2.45) is 0 Å². The molecule has 1 rings (SSSR count). The Morgan fingerprint density at radius 1 is 0.683 bits per heavy atom. The van der Waals surface area contributed by atoms with E-state index >= 15 is 0 Å². The third-order valence-electron chi connectivity index (χ3n) is 7.76. The second-order valence-electron chi connectivity index (χ2n) is 11.4. The van der Waals surface area contributed by atoms with Gasteiger partial charge in [0.05, 0.1) is 13.2 Å². The molecule has 1 aliphatic rings. The molecule has 1 aliphatic heterocycles. The summed E-state index contributed by atoms with van der Waals surface area (Å²) in [6.45, 7) is 9.87. The minimum atomic E-state index is -0.910. The quantitative estimate of drug-likeness (QED) is 0.0769. The van der Waals surface area contributed by atoms with Gasteiger partial charge in [0.2, 0.25) is 0 Å². The molecular weight excluding hydrogens is 547 g/mol. The van der Waals surface area contributed by atoms with E-state index in [0.717, 1.165) is 19.3 Å². The maximum atomic E-state index is 12.6. The Bertz CT molecular complexity index is 559. The van der Waals surface area contributed by atoms with Crippen molar-refractivity contribution in [1.29, 1.82) is 0 Å². The van der Waals surface area contributed by atoms with E-state index in [1.165, 1.54) is 116 Å². The van der Waals surface area contributed by atoms with Crippen LogP contribution in [0.25, 0.3) is 0 Å². The van der Waals surface area contributed by atoms with Gasteiger partial charge in [-0.2, -0.15) is 6.42 Å². The molecule has 0 aliphatic carbocycles. The molecule has 1 saturated heterocycles. The fourth-order valence-electron chi connectivity index (χ4n) is 5.42. The van der Waals surface area contributed by atoms with Gasteiger partial charge in [-0.25, -0.2) is 0 Å². The van der Waals surface area contributed by atoms with Crippen LogP contribution >= 0.6 is 12.4 Å². The number of hydrogen-bond donors (Lipinski definition) is 2. The van der Waals surface area contributed by atoms with Gasteiger partial charge in [-0.1, -0.05) is 136 Å². The van der Waals surface area contributed by atoms with Crippen LogP contribution in [0.5, 0.6) is 0 Å².